The first kappa shape index (κ1) is 14.6. The maximum atomic E-state index is 12.5. The summed E-state index contributed by atoms with van der Waals surface area (Å²) < 4.78 is 5.88. The third-order valence-electron chi connectivity index (χ3n) is 5.13. The van der Waals surface area contributed by atoms with E-state index < -0.39 is 0 Å². The molecule has 122 valence electrons. The highest BCUT2D eigenvalue weighted by Gasteiger charge is 2.46. The Balaban J connectivity index is 1.41. The van der Waals surface area contributed by atoms with E-state index in [9.17, 15) is 9.59 Å². The predicted molar refractivity (Wildman–Crippen MR) is 80.5 cm³/mol. The van der Waals surface area contributed by atoms with Gasteiger partial charge in [-0.3, -0.25) is 14.6 Å². The lowest BCUT2D eigenvalue weighted by atomic mass is 9.93. The molecule has 3 aliphatic heterocycles. The molecule has 1 aromatic rings. The predicted octanol–water partition coefficient (Wildman–Crippen LogP) is 0.186. The molecule has 0 radical (unpaired) electrons. The molecule has 2 amide bonds. The van der Waals surface area contributed by atoms with Gasteiger partial charge in [0.1, 0.15) is 5.69 Å². The summed E-state index contributed by atoms with van der Waals surface area (Å²) in [6.45, 7) is 3.58. The molecule has 3 atom stereocenters. The number of carbonyl (C=O) groups is 2. The maximum absolute atomic E-state index is 12.5. The van der Waals surface area contributed by atoms with E-state index in [1.165, 1.54) is 12.4 Å². The number of ether oxygens (including phenoxy) is 1. The molecular formula is C16H20N4O3. The van der Waals surface area contributed by atoms with Crippen LogP contribution in [0.25, 0.3) is 0 Å². The van der Waals surface area contributed by atoms with Crippen LogP contribution in [0.3, 0.4) is 0 Å². The van der Waals surface area contributed by atoms with Crippen LogP contribution < -0.4 is 0 Å². The summed E-state index contributed by atoms with van der Waals surface area (Å²) >= 11 is 0. The van der Waals surface area contributed by atoms with Crippen LogP contribution in [0.2, 0.25) is 0 Å². The average molecular weight is 316 g/mol. The zero-order chi connectivity index (χ0) is 15.8. The summed E-state index contributed by atoms with van der Waals surface area (Å²) in [6, 6.07) is 0. The lowest BCUT2D eigenvalue weighted by Crippen LogP contribution is -2.36. The molecule has 4 heterocycles. The highest BCUT2D eigenvalue weighted by atomic mass is 16.5. The van der Waals surface area contributed by atoms with Crippen molar-refractivity contribution in [3.63, 3.8) is 0 Å². The Kier molecular flexibility index (Phi) is 3.72. The molecular weight excluding hydrogens is 296 g/mol. The number of rotatable bonds is 3. The number of fused-ring (bicyclic) bond motifs is 1. The molecule has 7 heteroatoms. The molecule has 7 nitrogen and oxygen atoms in total. The number of carbonyl (C=O) groups excluding carboxylic acids is 2. The van der Waals surface area contributed by atoms with Gasteiger partial charge in [-0.2, -0.15) is 0 Å². The fourth-order valence-electron chi connectivity index (χ4n) is 3.90. The molecule has 0 N–H and O–H groups in total. The lowest BCUT2D eigenvalue weighted by Gasteiger charge is -2.24. The smallest absolute Gasteiger partial charge is 0.274 e. The number of amides is 2. The van der Waals surface area contributed by atoms with Gasteiger partial charge < -0.3 is 14.5 Å². The van der Waals surface area contributed by atoms with E-state index in [1.807, 2.05) is 4.90 Å². The normalized spacial score (nSPS) is 30.1. The third-order valence-corrected chi connectivity index (χ3v) is 5.13. The fourth-order valence-corrected chi connectivity index (χ4v) is 3.90. The Bertz CT molecular complexity index is 609. The van der Waals surface area contributed by atoms with Gasteiger partial charge in [-0.15, -0.1) is 0 Å². The van der Waals surface area contributed by atoms with E-state index in [-0.39, 0.29) is 17.9 Å². The van der Waals surface area contributed by atoms with Crippen LogP contribution in [0.1, 0.15) is 23.3 Å². The minimum Gasteiger partial charge on any atom is -0.376 e. The molecule has 1 aromatic heterocycles. The molecule has 23 heavy (non-hydrogen) atoms. The summed E-state index contributed by atoms with van der Waals surface area (Å²) in [5.41, 5.74) is 0.374. The summed E-state index contributed by atoms with van der Waals surface area (Å²) in [6.07, 6.45) is 6.29. The maximum Gasteiger partial charge on any atom is 0.274 e. The summed E-state index contributed by atoms with van der Waals surface area (Å²) in [4.78, 5) is 36.1. The SMILES string of the molecule is O=C1CCCN1C[C@@H]1CO[C@@H]2CN(C(=O)c3cnccn3)C[C@H]12. The Morgan fingerprint density at radius 3 is 3.00 bits per heavy atom. The van der Waals surface area contributed by atoms with Crippen molar-refractivity contribution in [3.8, 4) is 0 Å². The van der Waals surface area contributed by atoms with Crippen molar-refractivity contribution in [1.29, 1.82) is 0 Å². The van der Waals surface area contributed by atoms with E-state index in [0.29, 0.717) is 43.6 Å². The van der Waals surface area contributed by atoms with E-state index in [2.05, 4.69) is 9.97 Å². The highest BCUT2D eigenvalue weighted by Crippen LogP contribution is 2.35. The van der Waals surface area contributed by atoms with Gasteiger partial charge in [-0.25, -0.2) is 4.98 Å². The molecule has 0 bridgehead atoms. The van der Waals surface area contributed by atoms with Gasteiger partial charge in [-0.1, -0.05) is 0 Å². The van der Waals surface area contributed by atoms with Crippen molar-refractivity contribution in [2.75, 3.05) is 32.8 Å². The van der Waals surface area contributed by atoms with Gasteiger partial charge >= 0.3 is 0 Å². The summed E-state index contributed by atoms with van der Waals surface area (Å²) in [7, 11) is 0. The Morgan fingerprint density at radius 1 is 1.35 bits per heavy atom. The first-order chi connectivity index (χ1) is 11.2. The monoisotopic (exact) mass is 316 g/mol. The molecule has 3 aliphatic rings. The van der Waals surface area contributed by atoms with E-state index in [4.69, 9.17) is 4.74 Å². The molecule has 0 saturated carbocycles. The molecule has 3 fully saturated rings. The highest BCUT2D eigenvalue weighted by molar-refractivity contribution is 5.92. The minimum atomic E-state index is -0.0906. The second-order valence-corrected chi connectivity index (χ2v) is 6.54. The molecule has 0 aliphatic carbocycles. The number of likely N-dealkylation sites (tertiary alicyclic amines) is 2. The van der Waals surface area contributed by atoms with Gasteiger partial charge in [0, 0.05) is 56.8 Å². The van der Waals surface area contributed by atoms with Crippen molar-refractivity contribution in [2.24, 2.45) is 11.8 Å². The van der Waals surface area contributed by atoms with E-state index in [1.54, 1.807) is 11.1 Å². The standard InChI is InChI=1S/C16H20N4O3/c21-15-2-1-5-19(15)7-11-10-23-14-9-20(8-12(11)14)16(22)13-6-17-3-4-18-13/h3-4,6,11-12,14H,1-2,5,7-10H2/t11-,12-,14-/m1/s1. The number of aromatic nitrogens is 2. The number of nitrogens with zero attached hydrogens (tertiary/aromatic N) is 4. The zero-order valence-corrected chi connectivity index (χ0v) is 12.9. The van der Waals surface area contributed by atoms with Gasteiger partial charge in [0.2, 0.25) is 5.91 Å². The van der Waals surface area contributed by atoms with Crippen LogP contribution in [0.5, 0.6) is 0 Å². The molecule has 0 spiro atoms. The average Bonchev–Trinajstić information content (AvgIpc) is 3.26. The summed E-state index contributed by atoms with van der Waals surface area (Å²) in [5, 5.41) is 0. The summed E-state index contributed by atoms with van der Waals surface area (Å²) in [5.74, 6) is 0.789. The van der Waals surface area contributed by atoms with E-state index >= 15 is 0 Å². The first-order valence-electron chi connectivity index (χ1n) is 8.17. The third kappa shape index (κ3) is 2.69. The van der Waals surface area contributed by atoms with Crippen molar-refractivity contribution < 1.29 is 14.3 Å². The van der Waals surface area contributed by atoms with Crippen LogP contribution >= 0.6 is 0 Å². The lowest BCUT2D eigenvalue weighted by molar-refractivity contribution is -0.128. The Hall–Kier alpha value is -2.02. The number of hydrogen-bond acceptors (Lipinski definition) is 5. The second-order valence-electron chi connectivity index (χ2n) is 6.54. The first-order valence-corrected chi connectivity index (χ1v) is 8.17. The quantitative estimate of drug-likeness (QED) is 0.795. The van der Waals surface area contributed by atoms with Gasteiger partial charge in [-0.05, 0) is 6.42 Å². The minimum absolute atomic E-state index is 0.0818. The number of hydrogen-bond donors (Lipinski definition) is 0. The van der Waals surface area contributed by atoms with Crippen LogP contribution in [-0.2, 0) is 9.53 Å². The fraction of sp³-hybridized carbons (Fsp3) is 0.625. The Labute approximate surface area is 134 Å². The van der Waals surface area contributed by atoms with Gasteiger partial charge in [0.15, 0.2) is 0 Å². The largest absolute Gasteiger partial charge is 0.376 e. The van der Waals surface area contributed by atoms with Crippen molar-refractivity contribution in [2.45, 2.75) is 18.9 Å². The topological polar surface area (TPSA) is 75.6 Å². The molecule has 0 unspecified atom stereocenters. The zero-order valence-electron chi connectivity index (χ0n) is 12.9. The van der Waals surface area contributed by atoms with Crippen LogP contribution in [0.15, 0.2) is 18.6 Å². The Morgan fingerprint density at radius 2 is 2.26 bits per heavy atom. The second kappa shape index (κ2) is 5.88. The van der Waals surface area contributed by atoms with Crippen LogP contribution in [0, 0.1) is 11.8 Å². The van der Waals surface area contributed by atoms with Crippen LogP contribution in [0.4, 0.5) is 0 Å². The molecule has 0 aromatic carbocycles. The van der Waals surface area contributed by atoms with Crippen molar-refractivity contribution in [3.05, 3.63) is 24.3 Å². The van der Waals surface area contributed by atoms with Gasteiger partial charge in [0.05, 0.1) is 18.9 Å². The van der Waals surface area contributed by atoms with Crippen molar-refractivity contribution >= 4 is 11.8 Å². The van der Waals surface area contributed by atoms with Gasteiger partial charge in [0.25, 0.3) is 5.91 Å². The van der Waals surface area contributed by atoms with Crippen molar-refractivity contribution in [1.82, 2.24) is 19.8 Å². The van der Waals surface area contributed by atoms with E-state index in [0.717, 1.165) is 19.5 Å². The van der Waals surface area contributed by atoms with Crippen LogP contribution in [-0.4, -0.2) is 70.5 Å². The molecule has 4 rings (SSSR count). The molecule has 3 saturated heterocycles.